The van der Waals surface area contributed by atoms with E-state index in [1.165, 1.54) is 12.8 Å². The van der Waals surface area contributed by atoms with E-state index in [1.54, 1.807) is 0 Å². The molecule has 1 aliphatic heterocycles. The minimum Gasteiger partial charge on any atom is -0.378 e. The minimum atomic E-state index is -0.269. The van der Waals surface area contributed by atoms with Crippen LogP contribution in [0.2, 0.25) is 5.02 Å². The second kappa shape index (κ2) is 6.72. The highest BCUT2D eigenvalue weighted by atomic mass is 35.5. The Kier molecular flexibility index (Phi) is 4.89. The van der Waals surface area contributed by atoms with Gasteiger partial charge in [0, 0.05) is 12.2 Å². The van der Waals surface area contributed by atoms with Crippen molar-refractivity contribution in [1.82, 2.24) is 0 Å². The summed E-state index contributed by atoms with van der Waals surface area (Å²) in [7, 11) is 0. The minimum absolute atomic E-state index is 0.255. The highest BCUT2D eigenvalue weighted by Crippen LogP contribution is 2.38. The molecule has 0 amide bonds. The molecular weight excluding hydrogens is 299 g/mol. The van der Waals surface area contributed by atoms with Crippen LogP contribution >= 0.6 is 11.6 Å². The largest absolute Gasteiger partial charge is 0.378 e. The standard InChI is InChI=1S/C19H24ClFO/c1-12-3-10-17(22-11-12)15-7-5-14(6-8-15)16-9-4-13(2)18(20)19(16)21/h4-5,9,12,15,17H,3,6-8,10-11H2,1-2H3. The van der Waals surface area contributed by atoms with Gasteiger partial charge in [0.1, 0.15) is 5.82 Å². The van der Waals surface area contributed by atoms with Crippen molar-refractivity contribution < 1.29 is 9.13 Å². The Morgan fingerprint density at radius 3 is 2.68 bits per heavy atom. The first-order chi connectivity index (χ1) is 10.6. The van der Waals surface area contributed by atoms with E-state index in [1.807, 2.05) is 19.1 Å². The van der Waals surface area contributed by atoms with Gasteiger partial charge in [0.15, 0.2) is 0 Å². The zero-order chi connectivity index (χ0) is 15.7. The lowest BCUT2D eigenvalue weighted by atomic mass is 9.80. The van der Waals surface area contributed by atoms with Gasteiger partial charge in [-0.3, -0.25) is 0 Å². The van der Waals surface area contributed by atoms with Crippen LogP contribution in [0.5, 0.6) is 0 Å². The average molecular weight is 323 g/mol. The molecule has 0 aromatic heterocycles. The van der Waals surface area contributed by atoms with E-state index in [0.29, 0.717) is 23.5 Å². The summed E-state index contributed by atoms with van der Waals surface area (Å²) in [5, 5.41) is 0.255. The van der Waals surface area contributed by atoms with Crippen LogP contribution in [0.15, 0.2) is 18.2 Å². The molecule has 3 heteroatoms. The lowest BCUT2D eigenvalue weighted by molar-refractivity contribution is -0.0449. The van der Waals surface area contributed by atoms with Crippen LogP contribution in [0.25, 0.3) is 5.57 Å². The maximum atomic E-state index is 14.3. The number of halogens is 2. The van der Waals surface area contributed by atoms with E-state index in [2.05, 4.69) is 13.0 Å². The molecule has 3 atom stereocenters. The van der Waals surface area contributed by atoms with Crippen molar-refractivity contribution >= 4 is 17.2 Å². The fourth-order valence-electron chi connectivity index (χ4n) is 3.61. The second-order valence-corrected chi connectivity index (χ2v) is 7.25. The monoisotopic (exact) mass is 322 g/mol. The first-order valence-electron chi connectivity index (χ1n) is 8.32. The normalized spacial score (nSPS) is 29.3. The van der Waals surface area contributed by atoms with E-state index in [9.17, 15) is 4.39 Å². The summed E-state index contributed by atoms with van der Waals surface area (Å²) >= 11 is 6.04. The lowest BCUT2D eigenvalue weighted by Gasteiger charge is -2.34. The molecule has 0 bridgehead atoms. The third-order valence-corrected chi connectivity index (χ3v) is 5.60. The third-order valence-electron chi connectivity index (χ3n) is 5.14. The number of aryl methyl sites for hydroxylation is 1. The van der Waals surface area contributed by atoms with Crippen molar-refractivity contribution in [1.29, 1.82) is 0 Å². The van der Waals surface area contributed by atoms with Crippen molar-refractivity contribution in [3.8, 4) is 0 Å². The maximum absolute atomic E-state index is 14.3. The predicted molar refractivity (Wildman–Crippen MR) is 89.6 cm³/mol. The average Bonchev–Trinajstić information content (AvgIpc) is 2.54. The second-order valence-electron chi connectivity index (χ2n) is 6.88. The van der Waals surface area contributed by atoms with Crippen LogP contribution in [0.1, 0.15) is 50.2 Å². The first kappa shape index (κ1) is 16.0. The van der Waals surface area contributed by atoms with Crippen molar-refractivity contribution in [3.05, 3.63) is 40.2 Å². The fraction of sp³-hybridized carbons (Fsp3) is 0.579. The van der Waals surface area contributed by atoms with Gasteiger partial charge in [-0.2, -0.15) is 0 Å². The molecule has 22 heavy (non-hydrogen) atoms. The van der Waals surface area contributed by atoms with Crippen molar-refractivity contribution in [2.75, 3.05) is 6.61 Å². The Bertz CT molecular complexity index is 573. The van der Waals surface area contributed by atoms with E-state index < -0.39 is 0 Å². The quantitative estimate of drug-likeness (QED) is 0.670. The molecule has 1 nitrogen and oxygen atoms in total. The van der Waals surface area contributed by atoms with Crippen LogP contribution < -0.4 is 0 Å². The number of rotatable bonds is 2. The van der Waals surface area contributed by atoms with Crippen LogP contribution in [-0.2, 0) is 4.74 Å². The van der Waals surface area contributed by atoms with Gasteiger partial charge in [0.05, 0.1) is 11.1 Å². The van der Waals surface area contributed by atoms with Crippen LogP contribution in [0.4, 0.5) is 4.39 Å². The molecule has 1 aromatic rings. The highest BCUT2D eigenvalue weighted by Gasteiger charge is 2.28. The zero-order valence-electron chi connectivity index (χ0n) is 13.4. The Hall–Kier alpha value is -0.860. The van der Waals surface area contributed by atoms with E-state index in [-0.39, 0.29) is 10.8 Å². The van der Waals surface area contributed by atoms with E-state index in [0.717, 1.165) is 37.0 Å². The first-order valence-corrected chi connectivity index (χ1v) is 8.69. The summed E-state index contributed by atoms with van der Waals surface area (Å²) in [6.07, 6.45) is 7.99. The molecule has 2 aliphatic rings. The summed E-state index contributed by atoms with van der Waals surface area (Å²) in [5.74, 6) is 1.00. The van der Waals surface area contributed by atoms with Crippen molar-refractivity contribution in [2.45, 2.75) is 52.1 Å². The summed E-state index contributed by atoms with van der Waals surface area (Å²) in [4.78, 5) is 0. The molecule has 1 aliphatic carbocycles. The van der Waals surface area contributed by atoms with Gasteiger partial charge < -0.3 is 4.74 Å². The number of allylic oxidation sites excluding steroid dienone is 2. The van der Waals surface area contributed by atoms with E-state index in [4.69, 9.17) is 16.3 Å². The number of hydrogen-bond donors (Lipinski definition) is 0. The van der Waals surface area contributed by atoms with Crippen LogP contribution in [-0.4, -0.2) is 12.7 Å². The Balaban J connectivity index is 1.70. The Morgan fingerprint density at radius 2 is 2.05 bits per heavy atom. The molecule has 0 spiro atoms. The molecule has 3 unspecified atom stereocenters. The summed E-state index contributed by atoms with van der Waals surface area (Å²) in [5.41, 5.74) is 2.56. The van der Waals surface area contributed by atoms with Crippen LogP contribution in [0, 0.1) is 24.6 Å². The van der Waals surface area contributed by atoms with Gasteiger partial charge in [-0.1, -0.05) is 36.7 Å². The van der Waals surface area contributed by atoms with E-state index >= 15 is 0 Å². The summed E-state index contributed by atoms with van der Waals surface area (Å²) in [6.45, 7) is 4.97. The molecule has 1 heterocycles. The summed E-state index contributed by atoms with van der Waals surface area (Å²) < 4.78 is 20.3. The fourth-order valence-corrected chi connectivity index (χ4v) is 3.77. The van der Waals surface area contributed by atoms with Crippen molar-refractivity contribution in [2.24, 2.45) is 11.8 Å². The molecule has 0 radical (unpaired) electrons. The van der Waals surface area contributed by atoms with Crippen LogP contribution in [0.3, 0.4) is 0 Å². The SMILES string of the molecule is Cc1ccc(C2=CCC(C3CCC(C)CO3)CC2)c(F)c1Cl. The van der Waals surface area contributed by atoms with Crippen molar-refractivity contribution in [3.63, 3.8) is 0 Å². The Labute approximate surface area is 137 Å². The summed E-state index contributed by atoms with van der Waals surface area (Å²) in [6, 6.07) is 3.76. The van der Waals surface area contributed by atoms with Gasteiger partial charge in [0.2, 0.25) is 0 Å². The molecule has 120 valence electrons. The number of benzene rings is 1. The number of hydrogen-bond acceptors (Lipinski definition) is 1. The molecule has 0 saturated carbocycles. The molecule has 1 saturated heterocycles. The van der Waals surface area contributed by atoms with Gasteiger partial charge in [-0.05, 0) is 62.0 Å². The molecule has 0 N–H and O–H groups in total. The van der Waals surface area contributed by atoms with Gasteiger partial charge in [-0.15, -0.1) is 0 Å². The molecule has 1 fully saturated rings. The number of ether oxygens (including phenoxy) is 1. The smallest absolute Gasteiger partial charge is 0.149 e. The predicted octanol–water partition coefficient (Wildman–Crippen LogP) is 5.79. The molecule has 1 aromatic carbocycles. The molecular formula is C19H24ClFO. The molecule has 3 rings (SSSR count). The van der Waals surface area contributed by atoms with Gasteiger partial charge in [-0.25, -0.2) is 4.39 Å². The zero-order valence-corrected chi connectivity index (χ0v) is 14.1. The topological polar surface area (TPSA) is 9.23 Å². The highest BCUT2D eigenvalue weighted by molar-refractivity contribution is 6.31. The lowest BCUT2D eigenvalue weighted by Crippen LogP contribution is -2.31. The third kappa shape index (κ3) is 3.23. The maximum Gasteiger partial charge on any atom is 0.149 e. The van der Waals surface area contributed by atoms with Gasteiger partial charge in [0.25, 0.3) is 0 Å². The van der Waals surface area contributed by atoms with Gasteiger partial charge >= 0.3 is 0 Å². The Morgan fingerprint density at radius 1 is 1.23 bits per heavy atom.